The number of anilines is 2. The first-order chi connectivity index (χ1) is 10.0. The summed E-state index contributed by atoms with van der Waals surface area (Å²) in [6, 6.07) is 0.208. The maximum Gasteiger partial charge on any atom is 0.217 e. The second-order valence-corrected chi connectivity index (χ2v) is 5.78. The predicted molar refractivity (Wildman–Crippen MR) is 84.7 cm³/mol. The molecule has 1 aliphatic rings. The molecule has 1 amide bonds. The van der Waals surface area contributed by atoms with Crippen LogP contribution >= 0.6 is 0 Å². The molecule has 2 rings (SSSR count). The van der Waals surface area contributed by atoms with E-state index in [-0.39, 0.29) is 11.9 Å². The molecule has 2 heterocycles. The highest BCUT2D eigenvalue weighted by Gasteiger charge is 2.27. The van der Waals surface area contributed by atoms with Crippen LogP contribution in [-0.4, -0.2) is 41.6 Å². The highest BCUT2D eigenvalue weighted by atomic mass is 16.1. The van der Waals surface area contributed by atoms with Crippen molar-refractivity contribution in [3.63, 3.8) is 0 Å². The maximum atomic E-state index is 11.2. The largest absolute Gasteiger partial charge is 0.370 e. The fourth-order valence-electron chi connectivity index (χ4n) is 2.84. The number of aromatic nitrogens is 2. The molecule has 6 heteroatoms. The van der Waals surface area contributed by atoms with Gasteiger partial charge >= 0.3 is 0 Å². The Bertz CT molecular complexity index is 503. The first-order valence-electron chi connectivity index (χ1n) is 7.63. The summed E-state index contributed by atoms with van der Waals surface area (Å²) in [6.07, 6.45) is 2.57. The molecule has 0 bridgehead atoms. The molecule has 0 saturated carbocycles. The molecule has 2 N–H and O–H groups in total. The summed E-state index contributed by atoms with van der Waals surface area (Å²) in [7, 11) is 0. The summed E-state index contributed by atoms with van der Waals surface area (Å²) < 4.78 is 0. The molecule has 6 nitrogen and oxygen atoms in total. The first kappa shape index (κ1) is 15.5. The van der Waals surface area contributed by atoms with Crippen LogP contribution in [0.5, 0.6) is 0 Å². The van der Waals surface area contributed by atoms with Crippen molar-refractivity contribution in [3.05, 3.63) is 11.9 Å². The van der Waals surface area contributed by atoms with Crippen LogP contribution < -0.4 is 15.5 Å². The van der Waals surface area contributed by atoms with Gasteiger partial charge in [-0.1, -0.05) is 13.8 Å². The molecule has 0 aromatic carbocycles. The van der Waals surface area contributed by atoms with Crippen LogP contribution in [0, 0.1) is 0 Å². The Kier molecular flexibility index (Phi) is 4.98. The fourth-order valence-corrected chi connectivity index (χ4v) is 2.84. The topological polar surface area (TPSA) is 70.2 Å². The lowest BCUT2D eigenvalue weighted by molar-refractivity contribution is -0.119. The van der Waals surface area contributed by atoms with E-state index in [1.165, 1.54) is 0 Å². The van der Waals surface area contributed by atoms with Crippen molar-refractivity contribution in [2.75, 3.05) is 29.9 Å². The van der Waals surface area contributed by atoms with Gasteiger partial charge in [-0.2, -0.15) is 0 Å². The Labute approximate surface area is 126 Å². The van der Waals surface area contributed by atoms with Crippen LogP contribution in [0.25, 0.3) is 0 Å². The third-order valence-corrected chi connectivity index (χ3v) is 3.68. The number of nitrogens with one attached hydrogen (secondary N) is 2. The van der Waals surface area contributed by atoms with E-state index in [2.05, 4.69) is 46.3 Å². The number of carbonyl (C=O) groups excluding carboxylic acids is 1. The molecule has 1 saturated heterocycles. The summed E-state index contributed by atoms with van der Waals surface area (Å²) >= 11 is 0. The monoisotopic (exact) mass is 291 g/mol. The molecule has 1 unspecified atom stereocenters. The molecular weight excluding hydrogens is 266 g/mol. The van der Waals surface area contributed by atoms with Crippen molar-refractivity contribution >= 4 is 17.5 Å². The number of nitrogens with zero attached hydrogens (tertiary/aromatic N) is 3. The minimum atomic E-state index is 0.0296. The summed E-state index contributed by atoms with van der Waals surface area (Å²) in [6.45, 7) is 10.5. The lowest BCUT2D eigenvalue weighted by Gasteiger charge is -2.24. The van der Waals surface area contributed by atoms with Gasteiger partial charge in [0.15, 0.2) is 0 Å². The van der Waals surface area contributed by atoms with Crippen molar-refractivity contribution in [1.29, 1.82) is 0 Å². The van der Waals surface area contributed by atoms with Crippen molar-refractivity contribution in [1.82, 2.24) is 15.3 Å². The van der Waals surface area contributed by atoms with Crippen molar-refractivity contribution in [3.8, 4) is 0 Å². The van der Waals surface area contributed by atoms with Crippen LogP contribution in [-0.2, 0) is 4.79 Å². The van der Waals surface area contributed by atoms with Gasteiger partial charge in [-0.3, -0.25) is 4.79 Å². The van der Waals surface area contributed by atoms with E-state index in [4.69, 9.17) is 0 Å². The zero-order valence-corrected chi connectivity index (χ0v) is 13.3. The smallest absolute Gasteiger partial charge is 0.217 e. The average Bonchev–Trinajstić information content (AvgIpc) is 2.86. The van der Waals surface area contributed by atoms with Gasteiger partial charge in [-0.25, -0.2) is 9.97 Å². The Morgan fingerprint density at radius 1 is 1.48 bits per heavy atom. The molecule has 1 aromatic heterocycles. The number of amides is 1. The Morgan fingerprint density at radius 2 is 2.24 bits per heavy atom. The first-order valence-corrected chi connectivity index (χ1v) is 7.63. The standard InChI is InChI=1S/C15H25N5O/c1-5-16-14-13(10(2)3)15(18-9-17-14)20-7-6-12(8-20)19-11(4)21/h9-10,12H,5-8H2,1-4H3,(H,19,21)(H,16,17,18). The number of hydrogen-bond acceptors (Lipinski definition) is 5. The Morgan fingerprint density at radius 3 is 2.86 bits per heavy atom. The average molecular weight is 291 g/mol. The summed E-state index contributed by atoms with van der Waals surface area (Å²) in [5.41, 5.74) is 1.16. The van der Waals surface area contributed by atoms with E-state index in [1.54, 1.807) is 13.3 Å². The molecule has 1 aromatic rings. The van der Waals surface area contributed by atoms with E-state index in [1.807, 2.05) is 0 Å². The lowest BCUT2D eigenvalue weighted by Crippen LogP contribution is -2.36. The van der Waals surface area contributed by atoms with E-state index in [0.29, 0.717) is 5.92 Å². The zero-order valence-electron chi connectivity index (χ0n) is 13.3. The van der Waals surface area contributed by atoms with Crippen LogP contribution in [0.1, 0.15) is 45.6 Å². The fraction of sp³-hybridized carbons (Fsp3) is 0.667. The van der Waals surface area contributed by atoms with Crippen molar-refractivity contribution in [2.24, 2.45) is 0 Å². The second-order valence-electron chi connectivity index (χ2n) is 5.78. The van der Waals surface area contributed by atoms with Crippen LogP contribution in [0.4, 0.5) is 11.6 Å². The quantitative estimate of drug-likeness (QED) is 0.865. The van der Waals surface area contributed by atoms with Gasteiger partial charge in [-0.05, 0) is 19.3 Å². The zero-order chi connectivity index (χ0) is 15.4. The van der Waals surface area contributed by atoms with Gasteiger partial charge in [0.25, 0.3) is 0 Å². The molecule has 0 spiro atoms. The molecular formula is C15H25N5O. The van der Waals surface area contributed by atoms with E-state index in [0.717, 1.165) is 43.3 Å². The van der Waals surface area contributed by atoms with Gasteiger partial charge in [0.05, 0.1) is 0 Å². The molecule has 0 aliphatic carbocycles. The van der Waals surface area contributed by atoms with Gasteiger partial charge in [0, 0.05) is 38.2 Å². The summed E-state index contributed by atoms with van der Waals surface area (Å²) in [4.78, 5) is 22.3. The second kappa shape index (κ2) is 6.74. The minimum Gasteiger partial charge on any atom is -0.370 e. The highest BCUT2D eigenvalue weighted by Crippen LogP contribution is 2.32. The van der Waals surface area contributed by atoms with E-state index >= 15 is 0 Å². The molecule has 0 radical (unpaired) electrons. The lowest BCUT2D eigenvalue weighted by atomic mass is 10.0. The molecule has 116 valence electrons. The Balaban J connectivity index is 2.23. The van der Waals surface area contributed by atoms with Crippen LogP contribution in [0.3, 0.4) is 0 Å². The van der Waals surface area contributed by atoms with Gasteiger partial charge in [0.2, 0.25) is 5.91 Å². The highest BCUT2D eigenvalue weighted by molar-refractivity contribution is 5.73. The number of rotatable bonds is 5. The van der Waals surface area contributed by atoms with Gasteiger partial charge in [0.1, 0.15) is 18.0 Å². The normalized spacial score (nSPS) is 18.1. The number of hydrogen-bond donors (Lipinski definition) is 2. The predicted octanol–water partition coefficient (Wildman–Crippen LogP) is 1.75. The summed E-state index contributed by atoms with van der Waals surface area (Å²) in [5, 5.41) is 6.31. The summed E-state index contributed by atoms with van der Waals surface area (Å²) in [5.74, 6) is 2.28. The van der Waals surface area contributed by atoms with Gasteiger partial charge < -0.3 is 15.5 Å². The third-order valence-electron chi connectivity index (χ3n) is 3.68. The van der Waals surface area contributed by atoms with Gasteiger partial charge in [-0.15, -0.1) is 0 Å². The van der Waals surface area contributed by atoms with Crippen molar-refractivity contribution < 1.29 is 4.79 Å². The maximum absolute atomic E-state index is 11.2. The van der Waals surface area contributed by atoms with E-state index < -0.39 is 0 Å². The van der Waals surface area contributed by atoms with Crippen molar-refractivity contribution in [2.45, 2.75) is 46.1 Å². The SMILES string of the molecule is CCNc1ncnc(N2CCC(NC(C)=O)C2)c1C(C)C. The molecule has 1 atom stereocenters. The Hall–Kier alpha value is -1.85. The van der Waals surface area contributed by atoms with E-state index in [9.17, 15) is 4.79 Å². The molecule has 1 aliphatic heterocycles. The third kappa shape index (κ3) is 3.62. The molecule has 21 heavy (non-hydrogen) atoms. The minimum absolute atomic E-state index is 0.0296. The number of carbonyl (C=O) groups is 1. The van der Waals surface area contributed by atoms with Crippen LogP contribution in [0.2, 0.25) is 0 Å². The van der Waals surface area contributed by atoms with Crippen LogP contribution in [0.15, 0.2) is 6.33 Å². The molecule has 1 fully saturated rings.